The molecule has 0 unspecified atom stereocenters. The second-order valence-electron chi connectivity index (χ2n) is 5.99. The van der Waals surface area contributed by atoms with Crippen molar-refractivity contribution in [2.45, 2.75) is 0 Å². The van der Waals surface area contributed by atoms with E-state index in [1.165, 1.54) is 6.20 Å². The zero-order valence-corrected chi connectivity index (χ0v) is 16.3. The number of aliphatic imine (C=N–C) groups is 1. The van der Waals surface area contributed by atoms with E-state index in [1.54, 1.807) is 32.8 Å². The molecule has 0 aliphatic heterocycles. The number of pyridine rings is 1. The standard InChI is InChI=1S/C20H23N7O2/c1-22-11-15(10-21)13-3-4-16(17(9-13)29-2)26-20-25-12-14-5-6-23-19(18(14)27-20)24-7-8-28/h3-6,9-12,28H,7-8,21H2,1-2H3,(H,23,24)(H,25,26,27). The third-order valence-electron chi connectivity index (χ3n) is 4.13. The van der Waals surface area contributed by atoms with E-state index in [0.29, 0.717) is 35.3 Å². The summed E-state index contributed by atoms with van der Waals surface area (Å²) in [4.78, 5) is 17.2. The Kier molecular flexibility index (Phi) is 6.54. The molecule has 9 heteroatoms. The first kappa shape index (κ1) is 20.0. The summed E-state index contributed by atoms with van der Waals surface area (Å²) in [6.07, 6.45) is 6.56. The van der Waals surface area contributed by atoms with E-state index in [1.807, 2.05) is 24.3 Å². The zero-order valence-electron chi connectivity index (χ0n) is 16.3. The summed E-state index contributed by atoms with van der Waals surface area (Å²) in [7, 11) is 3.28. The summed E-state index contributed by atoms with van der Waals surface area (Å²) in [5.41, 5.74) is 8.70. The van der Waals surface area contributed by atoms with Crippen molar-refractivity contribution in [2.24, 2.45) is 10.7 Å². The number of nitrogens with two attached hydrogens (primary N) is 1. The molecule has 3 rings (SSSR count). The van der Waals surface area contributed by atoms with E-state index >= 15 is 0 Å². The van der Waals surface area contributed by atoms with E-state index in [2.05, 4.69) is 30.6 Å². The number of hydrogen-bond donors (Lipinski definition) is 4. The smallest absolute Gasteiger partial charge is 0.227 e. The van der Waals surface area contributed by atoms with Gasteiger partial charge in [0.15, 0.2) is 5.82 Å². The molecule has 3 aromatic rings. The summed E-state index contributed by atoms with van der Waals surface area (Å²) >= 11 is 0. The molecule has 5 N–H and O–H groups in total. The Hall–Kier alpha value is -3.72. The molecule has 0 spiro atoms. The van der Waals surface area contributed by atoms with Gasteiger partial charge in [-0.25, -0.2) is 15.0 Å². The number of fused-ring (bicyclic) bond motifs is 1. The van der Waals surface area contributed by atoms with Crippen LogP contribution in [-0.2, 0) is 0 Å². The van der Waals surface area contributed by atoms with Crippen LogP contribution in [0.4, 0.5) is 17.5 Å². The molecule has 0 amide bonds. The second kappa shape index (κ2) is 9.47. The quantitative estimate of drug-likeness (QED) is 0.428. The summed E-state index contributed by atoms with van der Waals surface area (Å²) in [6, 6.07) is 7.46. The van der Waals surface area contributed by atoms with E-state index in [4.69, 9.17) is 15.6 Å². The van der Waals surface area contributed by atoms with Crippen LogP contribution in [0.15, 0.2) is 47.9 Å². The number of rotatable bonds is 8. The molecule has 0 aliphatic rings. The van der Waals surface area contributed by atoms with Gasteiger partial charge in [-0.2, -0.15) is 0 Å². The van der Waals surface area contributed by atoms with Crippen LogP contribution in [0.25, 0.3) is 16.5 Å². The molecule has 29 heavy (non-hydrogen) atoms. The fraction of sp³-hybridized carbons (Fsp3) is 0.200. The summed E-state index contributed by atoms with van der Waals surface area (Å²) in [6.45, 7) is 0.381. The molecule has 9 nitrogen and oxygen atoms in total. The largest absolute Gasteiger partial charge is 0.495 e. The van der Waals surface area contributed by atoms with Gasteiger partial charge in [0.05, 0.1) is 19.4 Å². The van der Waals surface area contributed by atoms with Crippen LogP contribution in [0.1, 0.15) is 5.56 Å². The van der Waals surface area contributed by atoms with Gasteiger partial charge in [-0.05, 0) is 23.8 Å². The van der Waals surface area contributed by atoms with Gasteiger partial charge in [0, 0.05) is 49.4 Å². The summed E-state index contributed by atoms with van der Waals surface area (Å²) in [5.74, 6) is 1.59. The van der Waals surface area contributed by atoms with Crippen molar-refractivity contribution in [2.75, 3.05) is 37.9 Å². The van der Waals surface area contributed by atoms with Gasteiger partial charge in [0.25, 0.3) is 0 Å². The SMILES string of the molecule is CN=CC(=CN)c1ccc(Nc2ncc3ccnc(NCCO)c3n2)c(OC)c1. The molecule has 150 valence electrons. The lowest BCUT2D eigenvalue weighted by atomic mass is 10.1. The van der Waals surface area contributed by atoms with Crippen molar-refractivity contribution in [3.8, 4) is 5.75 Å². The molecule has 0 radical (unpaired) electrons. The fourth-order valence-corrected chi connectivity index (χ4v) is 2.77. The second-order valence-corrected chi connectivity index (χ2v) is 5.99. The highest BCUT2D eigenvalue weighted by Gasteiger charge is 2.10. The maximum Gasteiger partial charge on any atom is 0.227 e. The van der Waals surface area contributed by atoms with Crippen molar-refractivity contribution in [1.29, 1.82) is 0 Å². The molecular weight excluding hydrogens is 370 g/mol. The number of nitrogens with one attached hydrogen (secondary N) is 2. The minimum Gasteiger partial charge on any atom is -0.495 e. The van der Waals surface area contributed by atoms with E-state index in [9.17, 15) is 0 Å². The van der Waals surface area contributed by atoms with Crippen molar-refractivity contribution in [3.05, 3.63) is 48.4 Å². The van der Waals surface area contributed by atoms with Gasteiger partial charge in [-0.1, -0.05) is 6.07 Å². The van der Waals surface area contributed by atoms with Gasteiger partial charge in [0.1, 0.15) is 11.3 Å². The number of methoxy groups -OCH3 is 1. The highest BCUT2D eigenvalue weighted by atomic mass is 16.5. The first-order valence-corrected chi connectivity index (χ1v) is 8.96. The molecule has 2 heterocycles. The van der Waals surface area contributed by atoms with E-state index in [-0.39, 0.29) is 6.61 Å². The molecule has 2 aromatic heterocycles. The van der Waals surface area contributed by atoms with Crippen LogP contribution in [0.3, 0.4) is 0 Å². The minimum atomic E-state index is -0.000218. The van der Waals surface area contributed by atoms with Gasteiger partial charge in [-0.15, -0.1) is 0 Å². The zero-order chi connectivity index (χ0) is 20.6. The van der Waals surface area contributed by atoms with Crippen molar-refractivity contribution < 1.29 is 9.84 Å². The Morgan fingerprint density at radius 2 is 2.17 bits per heavy atom. The van der Waals surface area contributed by atoms with Crippen LogP contribution in [0.5, 0.6) is 5.75 Å². The molecule has 0 aliphatic carbocycles. The van der Waals surface area contributed by atoms with E-state index < -0.39 is 0 Å². The van der Waals surface area contributed by atoms with Gasteiger partial charge >= 0.3 is 0 Å². The predicted octanol–water partition coefficient (Wildman–Crippen LogP) is 2.18. The Morgan fingerprint density at radius 1 is 1.31 bits per heavy atom. The number of nitrogens with zero attached hydrogens (tertiary/aromatic N) is 4. The molecule has 0 saturated carbocycles. The average Bonchev–Trinajstić information content (AvgIpc) is 2.76. The highest BCUT2D eigenvalue weighted by Crippen LogP contribution is 2.30. The maximum absolute atomic E-state index is 9.05. The Labute approximate surface area is 168 Å². The number of aliphatic hydroxyl groups excluding tert-OH is 1. The third-order valence-corrected chi connectivity index (χ3v) is 4.13. The number of allylic oxidation sites excluding steroid dienone is 1. The van der Waals surface area contributed by atoms with Crippen LogP contribution in [0, 0.1) is 0 Å². The lowest BCUT2D eigenvalue weighted by molar-refractivity contribution is 0.311. The monoisotopic (exact) mass is 393 g/mol. The average molecular weight is 393 g/mol. The normalized spacial score (nSPS) is 11.8. The number of aromatic nitrogens is 3. The van der Waals surface area contributed by atoms with Crippen LogP contribution >= 0.6 is 0 Å². The van der Waals surface area contributed by atoms with Crippen LogP contribution in [0.2, 0.25) is 0 Å². The van der Waals surface area contributed by atoms with Crippen molar-refractivity contribution in [1.82, 2.24) is 15.0 Å². The van der Waals surface area contributed by atoms with Gasteiger partial charge < -0.3 is 26.2 Å². The number of aliphatic hydroxyl groups is 1. The Morgan fingerprint density at radius 3 is 2.90 bits per heavy atom. The molecule has 0 saturated heterocycles. The van der Waals surface area contributed by atoms with E-state index in [0.717, 1.165) is 16.5 Å². The number of hydrogen-bond acceptors (Lipinski definition) is 9. The number of anilines is 3. The minimum absolute atomic E-state index is 0.000218. The molecule has 1 aromatic carbocycles. The molecular formula is C20H23N7O2. The van der Waals surface area contributed by atoms with Crippen LogP contribution < -0.4 is 21.1 Å². The van der Waals surface area contributed by atoms with Crippen molar-refractivity contribution in [3.63, 3.8) is 0 Å². The van der Waals surface area contributed by atoms with Gasteiger partial charge in [0.2, 0.25) is 5.95 Å². The number of ether oxygens (including phenoxy) is 1. The lowest BCUT2D eigenvalue weighted by Gasteiger charge is -2.13. The lowest BCUT2D eigenvalue weighted by Crippen LogP contribution is -2.08. The van der Waals surface area contributed by atoms with Gasteiger partial charge in [-0.3, -0.25) is 4.99 Å². The van der Waals surface area contributed by atoms with Crippen molar-refractivity contribution >= 4 is 40.1 Å². The number of benzene rings is 1. The maximum atomic E-state index is 9.05. The topological polar surface area (TPSA) is 131 Å². The summed E-state index contributed by atoms with van der Waals surface area (Å²) < 4.78 is 5.51. The van der Waals surface area contributed by atoms with Crippen LogP contribution in [-0.4, -0.2) is 53.6 Å². The first-order valence-electron chi connectivity index (χ1n) is 8.96. The highest BCUT2D eigenvalue weighted by molar-refractivity contribution is 6.09. The fourth-order valence-electron chi connectivity index (χ4n) is 2.77. The molecule has 0 fully saturated rings. The summed E-state index contributed by atoms with van der Waals surface area (Å²) in [5, 5.41) is 16.1. The predicted molar refractivity (Wildman–Crippen MR) is 116 cm³/mol. The molecule has 0 atom stereocenters. The molecule has 0 bridgehead atoms. The third kappa shape index (κ3) is 4.58. The first-order chi connectivity index (χ1) is 14.2. The Balaban J connectivity index is 1.93. The Bertz CT molecular complexity index is 1050.